The summed E-state index contributed by atoms with van der Waals surface area (Å²) < 4.78 is 4.57. The van der Waals surface area contributed by atoms with Gasteiger partial charge in [-0.05, 0) is 0 Å². The first-order valence-corrected chi connectivity index (χ1v) is 3.35. The van der Waals surface area contributed by atoms with Gasteiger partial charge < -0.3 is 9.84 Å². The summed E-state index contributed by atoms with van der Waals surface area (Å²) in [5.74, 6) is -1.51. The van der Waals surface area contributed by atoms with E-state index in [9.17, 15) is 9.59 Å². The van der Waals surface area contributed by atoms with Gasteiger partial charge in [0.25, 0.3) is 0 Å². The monoisotopic (exact) mass is 170 g/mol. The van der Waals surface area contributed by atoms with Gasteiger partial charge >= 0.3 is 11.9 Å². The Morgan fingerprint density at radius 1 is 1.50 bits per heavy atom. The quantitative estimate of drug-likeness (QED) is 0.375. The Bertz CT molecular complexity index is 205. The third-order valence-electron chi connectivity index (χ3n) is 0.956. The molecule has 0 rings (SSSR count). The Hall–Kier alpha value is -1.58. The maximum atomic E-state index is 10.4. The predicted octanol–water partition coefficient (Wildman–Crippen LogP) is 0.746. The zero-order chi connectivity index (χ0) is 9.40. The lowest BCUT2D eigenvalue weighted by Crippen LogP contribution is -2.00. The molecule has 0 saturated carbocycles. The molecule has 0 bridgehead atoms. The Kier molecular flexibility index (Phi) is 5.34. The second-order valence-corrected chi connectivity index (χ2v) is 1.90. The first kappa shape index (κ1) is 10.4. The van der Waals surface area contributed by atoms with E-state index >= 15 is 0 Å². The van der Waals surface area contributed by atoms with Crippen LogP contribution in [0.5, 0.6) is 0 Å². The summed E-state index contributed by atoms with van der Waals surface area (Å²) in [7, 11) is 0. The van der Waals surface area contributed by atoms with Crippen molar-refractivity contribution in [2.75, 3.05) is 6.61 Å². The Morgan fingerprint density at radius 3 is 2.67 bits per heavy atom. The largest absolute Gasteiger partial charge is 0.478 e. The summed E-state index contributed by atoms with van der Waals surface area (Å²) in [5.41, 5.74) is 0. The van der Waals surface area contributed by atoms with Crippen LogP contribution in [0.4, 0.5) is 0 Å². The lowest BCUT2D eigenvalue weighted by Gasteiger charge is -1.96. The van der Waals surface area contributed by atoms with Gasteiger partial charge in [-0.15, -0.1) is 0 Å². The molecule has 4 nitrogen and oxygen atoms in total. The summed E-state index contributed by atoms with van der Waals surface area (Å²) in [6.07, 6.45) is 3.87. The molecule has 0 aliphatic heterocycles. The van der Waals surface area contributed by atoms with Gasteiger partial charge in [-0.3, -0.25) is 0 Å². The van der Waals surface area contributed by atoms with Gasteiger partial charge in [-0.25, -0.2) is 9.59 Å². The zero-order valence-electron chi connectivity index (χ0n) is 6.53. The molecule has 0 aromatic heterocycles. The van der Waals surface area contributed by atoms with E-state index in [1.807, 2.05) is 0 Å². The van der Waals surface area contributed by atoms with E-state index in [1.165, 1.54) is 6.08 Å². The highest BCUT2D eigenvalue weighted by atomic mass is 16.5. The van der Waals surface area contributed by atoms with Crippen LogP contribution in [-0.2, 0) is 14.3 Å². The van der Waals surface area contributed by atoms with Crippen molar-refractivity contribution < 1.29 is 19.4 Å². The summed E-state index contributed by atoms with van der Waals surface area (Å²) >= 11 is 0. The summed E-state index contributed by atoms with van der Waals surface area (Å²) in [4.78, 5) is 20.4. The Balaban J connectivity index is 3.39. The predicted molar refractivity (Wildman–Crippen MR) is 42.5 cm³/mol. The molecular formula is C8H10O4. The van der Waals surface area contributed by atoms with Gasteiger partial charge in [-0.2, -0.15) is 0 Å². The molecule has 0 spiro atoms. The molecule has 0 aliphatic rings. The summed E-state index contributed by atoms with van der Waals surface area (Å²) in [6.45, 7) is 3.38. The summed E-state index contributed by atoms with van der Waals surface area (Å²) in [5, 5.41) is 8.16. The fourth-order valence-electron chi connectivity index (χ4n) is 0.471. The average Bonchev–Trinajstić information content (AvgIpc) is 2.03. The first-order valence-electron chi connectivity index (χ1n) is 3.35. The number of rotatable bonds is 5. The van der Waals surface area contributed by atoms with Crippen LogP contribution in [0, 0.1) is 0 Å². The van der Waals surface area contributed by atoms with Crippen LogP contribution in [-0.4, -0.2) is 23.7 Å². The molecule has 0 saturated heterocycles. The van der Waals surface area contributed by atoms with Crippen LogP contribution in [0.3, 0.4) is 0 Å². The molecule has 0 radical (unpaired) electrons. The van der Waals surface area contributed by atoms with Crippen LogP contribution in [0.1, 0.15) is 6.42 Å². The molecule has 0 aromatic rings. The normalized spacial score (nSPS) is 9.67. The van der Waals surface area contributed by atoms with Crippen molar-refractivity contribution in [1.82, 2.24) is 0 Å². The van der Waals surface area contributed by atoms with Crippen LogP contribution in [0.25, 0.3) is 0 Å². The van der Waals surface area contributed by atoms with Gasteiger partial charge in [0, 0.05) is 18.6 Å². The number of carboxylic acids is 1. The van der Waals surface area contributed by atoms with Crippen molar-refractivity contribution in [3.05, 3.63) is 24.8 Å². The average molecular weight is 170 g/mol. The van der Waals surface area contributed by atoms with E-state index in [0.29, 0.717) is 6.42 Å². The number of carbonyl (C=O) groups is 2. The SMILES string of the molecule is C=CC(=O)OCCC=CC(=O)O. The van der Waals surface area contributed by atoms with Crippen LogP contribution in [0.2, 0.25) is 0 Å². The molecule has 0 heterocycles. The number of carbonyl (C=O) groups excluding carboxylic acids is 1. The fraction of sp³-hybridized carbons (Fsp3) is 0.250. The van der Waals surface area contributed by atoms with E-state index < -0.39 is 11.9 Å². The minimum atomic E-state index is -1.01. The molecule has 12 heavy (non-hydrogen) atoms. The lowest BCUT2D eigenvalue weighted by molar-refractivity contribution is -0.137. The molecule has 0 atom stereocenters. The lowest BCUT2D eigenvalue weighted by atomic mass is 10.4. The van der Waals surface area contributed by atoms with Crippen LogP contribution in [0.15, 0.2) is 24.8 Å². The highest BCUT2D eigenvalue weighted by Crippen LogP contribution is 1.86. The van der Waals surface area contributed by atoms with Crippen molar-refractivity contribution in [3.63, 3.8) is 0 Å². The second-order valence-electron chi connectivity index (χ2n) is 1.90. The third kappa shape index (κ3) is 6.54. The van der Waals surface area contributed by atoms with Crippen molar-refractivity contribution in [2.24, 2.45) is 0 Å². The minimum Gasteiger partial charge on any atom is -0.478 e. The minimum absolute atomic E-state index is 0.175. The molecule has 0 aromatic carbocycles. The highest BCUT2D eigenvalue weighted by Gasteiger charge is 1.92. The molecule has 0 fully saturated rings. The number of ether oxygens (including phenoxy) is 1. The van der Waals surface area contributed by atoms with Crippen LogP contribution < -0.4 is 0 Å². The van der Waals surface area contributed by atoms with Gasteiger partial charge in [0.1, 0.15) is 0 Å². The highest BCUT2D eigenvalue weighted by molar-refractivity contribution is 5.81. The van der Waals surface area contributed by atoms with Crippen LogP contribution >= 0.6 is 0 Å². The molecule has 1 N–H and O–H groups in total. The van der Waals surface area contributed by atoms with Crippen molar-refractivity contribution >= 4 is 11.9 Å². The zero-order valence-corrected chi connectivity index (χ0v) is 6.53. The molecule has 66 valence electrons. The standard InChI is InChI=1S/C8H10O4/c1-2-8(11)12-6-4-3-5-7(9)10/h2-3,5H,1,4,6H2,(H,9,10). The summed E-state index contributed by atoms with van der Waals surface area (Å²) in [6, 6.07) is 0. The van der Waals surface area contributed by atoms with Gasteiger partial charge in [0.05, 0.1) is 6.61 Å². The molecule has 4 heteroatoms. The van der Waals surface area contributed by atoms with Gasteiger partial charge in [0.15, 0.2) is 0 Å². The number of aliphatic carboxylic acids is 1. The van der Waals surface area contributed by atoms with E-state index in [0.717, 1.165) is 12.2 Å². The molecule has 0 amide bonds. The Labute approximate surface area is 70.1 Å². The smallest absolute Gasteiger partial charge is 0.330 e. The number of carboxylic acid groups (broad SMARTS) is 1. The van der Waals surface area contributed by atoms with Gasteiger partial charge in [0.2, 0.25) is 0 Å². The van der Waals surface area contributed by atoms with E-state index in [1.54, 1.807) is 0 Å². The topological polar surface area (TPSA) is 63.6 Å². The maximum Gasteiger partial charge on any atom is 0.330 e. The van der Waals surface area contributed by atoms with Gasteiger partial charge in [-0.1, -0.05) is 12.7 Å². The van der Waals surface area contributed by atoms with Crippen molar-refractivity contribution in [3.8, 4) is 0 Å². The van der Waals surface area contributed by atoms with Crippen molar-refractivity contribution in [1.29, 1.82) is 0 Å². The van der Waals surface area contributed by atoms with E-state index in [4.69, 9.17) is 5.11 Å². The first-order chi connectivity index (χ1) is 5.66. The van der Waals surface area contributed by atoms with E-state index in [2.05, 4.69) is 11.3 Å². The number of esters is 1. The molecule has 0 unspecified atom stereocenters. The number of hydrogen-bond acceptors (Lipinski definition) is 3. The number of hydrogen-bond donors (Lipinski definition) is 1. The maximum absolute atomic E-state index is 10.4. The van der Waals surface area contributed by atoms with Crippen molar-refractivity contribution in [2.45, 2.75) is 6.42 Å². The third-order valence-corrected chi connectivity index (χ3v) is 0.956. The van der Waals surface area contributed by atoms with E-state index in [-0.39, 0.29) is 6.61 Å². The molecular weight excluding hydrogens is 160 g/mol. The molecule has 0 aliphatic carbocycles. The Morgan fingerprint density at radius 2 is 2.17 bits per heavy atom. The second kappa shape index (κ2) is 6.15. The fourth-order valence-corrected chi connectivity index (χ4v) is 0.471.